The fourth-order valence-electron chi connectivity index (χ4n) is 3.92. The van der Waals surface area contributed by atoms with Crippen LogP contribution in [0.4, 0.5) is 0 Å². The van der Waals surface area contributed by atoms with Gasteiger partial charge in [0.25, 0.3) is 0 Å². The third kappa shape index (κ3) is 5.27. The first-order chi connectivity index (χ1) is 15.3. The fourth-order valence-corrected chi connectivity index (χ4v) is 5.99. The molecule has 32 heavy (non-hydrogen) atoms. The second-order valence-electron chi connectivity index (χ2n) is 7.94. The maximum Gasteiger partial charge on any atom is 0.327 e. The van der Waals surface area contributed by atoms with Crippen LogP contribution in [0.25, 0.3) is 0 Å². The first kappa shape index (κ1) is 24.6. The highest BCUT2D eigenvalue weighted by Gasteiger charge is 2.54. The van der Waals surface area contributed by atoms with Crippen molar-refractivity contribution in [2.75, 3.05) is 26.2 Å². The first-order valence-electron chi connectivity index (χ1n) is 11.0. The van der Waals surface area contributed by atoms with Crippen LogP contribution in [0.15, 0.2) is 53.4 Å². The molecule has 0 saturated carbocycles. The summed E-state index contributed by atoms with van der Waals surface area (Å²) < 4.78 is 36.8. The number of esters is 1. The Labute approximate surface area is 195 Å². The average molecular weight is 480 g/mol. The molecular formula is C24H30ClNO5S. The second-order valence-corrected chi connectivity index (χ2v) is 10.6. The molecule has 6 nitrogen and oxygen atoms in total. The maximum atomic E-state index is 13.7. The number of unbranched alkanes of at least 4 members (excludes halogenated alkanes) is 1. The number of likely N-dealkylation sites (tertiary alicyclic amines) is 1. The Kier molecular flexibility index (Phi) is 8.20. The predicted molar refractivity (Wildman–Crippen MR) is 125 cm³/mol. The van der Waals surface area contributed by atoms with E-state index in [1.54, 1.807) is 43.3 Å². The summed E-state index contributed by atoms with van der Waals surface area (Å²) in [4.78, 5) is 15.3. The number of carbonyl (C=O) groups excluding carboxylic acids is 1. The lowest BCUT2D eigenvalue weighted by atomic mass is 9.95. The molecule has 1 aliphatic heterocycles. The Morgan fingerprint density at radius 2 is 1.56 bits per heavy atom. The highest BCUT2D eigenvalue weighted by atomic mass is 35.5. The summed E-state index contributed by atoms with van der Waals surface area (Å²) in [5.41, 5.74) is 0. The quantitative estimate of drug-likeness (QED) is 0.465. The third-order valence-corrected chi connectivity index (χ3v) is 8.59. The molecule has 1 fully saturated rings. The Morgan fingerprint density at radius 1 is 1.00 bits per heavy atom. The van der Waals surface area contributed by atoms with Gasteiger partial charge < -0.3 is 14.4 Å². The van der Waals surface area contributed by atoms with Crippen LogP contribution < -0.4 is 4.74 Å². The van der Waals surface area contributed by atoms with E-state index in [4.69, 9.17) is 21.1 Å². The van der Waals surface area contributed by atoms with E-state index in [0.717, 1.165) is 19.4 Å². The Balaban J connectivity index is 1.83. The second kappa shape index (κ2) is 10.7. The fraction of sp³-hybridized carbons (Fsp3) is 0.458. The number of sulfone groups is 1. The van der Waals surface area contributed by atoms with Crippen LogP contribution in [0.2, 0.25) is 5.02 Å². The monoisotopic (exact) mass is 479 g/mol. The van der Waals surface area contributed by atoms with Gasteiger partial charge in [-0.2, -0.15) is 0 Å². The molecule has 3 rings (SSSR count). The van der Waals surface area contributed by atoms with E-state index in [1.807, 2.05) is 0 Å². The molecule has 0 aromatic heterocycles. The van der Waals surface area contributed by atoms with Crippen LogP contribution in [0.3, 0.4) is 0 Å². The molecule has 0 radical (unpaired) electrons. The molecule has 8 heteroatoms. The number of hydrogen-bond acceptors (Lipinski definition) is 6. The van der Waals surface area contributed by atoms with Gasteiger partial charge in [-0.15, -0.1) is 0 Å². The molecule has 1 aliphatic rings. The van der Waals surface area contributed by atoms with E-state index in [2.05, 4.69) is 11.8 Å². The molecule has 0 bridgehead atoms. The minimum absolute atomic E-state index is 0.0935. The lowest BCUT2D eigenvalue weighted by molar-refractivity contribution is -0.147. The van der Waals surface area contributed by atoms with Gasteiger partial charge in [0.1, 0.15) is 11.5 Å². The zero-order valence-corrected chi connectivity index (χ0v) is 20.1. The van der Waals surface area contributed by atoms with E-state index >= 15 is 0 Å². The van der Waals surface area contributed by atoms with Gasteiger partial charge in [0.05, 0.1) is 11.5 Å². The van der Waals surface area contributed by atoms with Gasteiger partial charge in [0, 0.05) is 18.1 Å². The van der Waals surface area contributed by atoms with Crippen LogP contribution in [-0.4, -0.2) is 50.3 Å². The van der Waals surface area contributed by atoms with Gasteiger partial charge in [-0.25, -0.2) is 8.42 Å². The first-order valence-corrected chi connectivity index (χ1v) is 12.9. The standard InChI is InChI=1S/C24H30ClNO5S/c1-3-5-16-26-17-14-24(15-18-26,23(27)30-4-2)32(28,29)22-12-10-21(11-13-22)31-20-8-6-19(25)7-9-20/h6-13H,3-5,14-18H2,1-2H3. The molecule has 0 spiro atoms. The zero-order chi connectivity index (χ0) is 23.2. The molecule has 0 aliphatic carbocycles. The van der Waals surface area contributed by atoms with Crippen molar-refractivity contribution in [1.82, 2.24) is 4.90 Å². The van der Waals surface area contributed by atoms with Crippen LogP contribution in [-0.2, 0) is 19.4 Å². The van der Waals surface area contributed by atoms with Crippen molar-refractivity contribution >= 4 is 27.4 Å². The summed E-state index contributed by atoms with van der Waals surface area (Å²) in [6.07, 6.45) is 2.57. The Bertz CT molecular complexity index is 998. The summed E-state index contributed by atoms with van der Waals surface area (Å²) in [7, 11) is -3.96. The minimum atomic E-state index is -3.96. The number of nitrogens with zero attached hydrogens (tertiary/aromatic N) is 1. The number of benzene rings is 2. The van der Waals surface area contributed by atoms with E-state index < -0.39 is 20.6 Å². The highest BCUT2D eigenvalue weighted by molar-refractivity contribution is 7.93. The van der Waals surface area contributed by atoms with E-state index in [9.17, 15) is 13.2 Å². The van der Waals surface area contributed by atoms with E-state index in [1.165, 1.54) is 12.1 Å². The number of carbonyl (C=O) groups is 1. The Morgan fingerprint density at radius 3 is 2.09 bits per heavy atom. The molecular weight excluding hydrogens is 450 g/mol. The summed E-state index contributed by atoms with van der Waals surface area (Å²) in [5.74, 6) is 0.426. The Hall–Kier alpha value is -2.09. The maximum absolute atomic E-state index is 13.7. The number of halogens is 1. The molecule has 0 amide bonds. The van der Waals surface area contributed by atoms with Crippen molar-refractivity contribution in [3.8, 4) is 11.5 Å². The third-order valence-electron chi connectivity index (χ3n) is 5.84. The summed E-state index contributed by atoms with van der Waals surface area (Å²) in [6.45, 7) is 5.97. The lowest BCUT2D eigenvalue weighted by Crippen LogP contribution is -2.55. The lowest BCUT2D eigenvalue weighted by Gasteiger charge is -2.39. The number of piperidine rings is 1. The smallest absolute Gasteiger partial charge is 0.327 e. The SMILES string of the molecule is CCCCN1CCC(C(=O)OCC)(S(=O)(=O)c2ccc(Oc3ccc(Cl)cc3)cc2)CC1. The minimum Gasteiger partial charge on any atom is -0.465 e. The molecule has 174 valence electrons. The summed E-state index contributed by atoms with van der Waals surface area (Å²) in [5, 5.41) is 0.601. The van der Waals surface area contributed by atoms with Gasteiger partial charge in [0.15, 0.2) is 14.6 Å². The van der Waals surface area contributed by atoms with Gasteiger partial charge in [0.2, 0.25) is 0 Å². The van der Waals surface area contributed by atoms with Crippen molar-refractivity contribution in [3.63, 3.8) is 0 Å². The zero-order valence-electron chi connectivity index (χ0n) is 18.6. The molecule has 0 atom stereocenters. The normalized spacial score (nSPS) is 16.5. The van der Waals surface area contributed by atoms with Crippen LogP contribution in [0.5, 0.6) is 11.5 Å². The van der Waals surface area contributed by atoms with E-state index in [0.29, 0.717) is 29.6 Å². The molecule has 1 heterocycles. The van der Waals surface area contributed by atoms with Crippen molar-refractivity contribution in [1.29, 1.82) is 0 Å². The number of hydrogen-bond donors (Lipinski definition) is 0. The van der Waals surface area contributed by atoms with Gasteiger partial charge in [-0.05, 0) is 81.3 Å². The van der Waals surface area contributed by atoms with Crippen LogP contribution in [0, 0.1) is 0 Å². The van der Waals surface area contributed by atoms with Gasteiger partial charge >= 0.3 is 5.97 Å². The van der Waals surface area contributed by atoms with Crippen molar-refractivity contribution in [2.24, 2.45) is 0 Å². The molecule has 1 saturated heterocycles. The average Bonchev–Trinajstić information content (AvgIpc) is 2.80. The highest BCUT2D eigenvalue weighted by Crippen LogP contribution is 2.37. The topological polar surface area (TPSA) is 72.9 Å². The largest absolute Gasteiger partial charge is 0.465 e. The number of ether oxygens (including phenoxy) is 2. The van der Waals surface area contributed by atoms with Crippen molar-refractivity contribution in [3.05, 3.63) is 53.6 Å². The van der Waals surface area contributed by atoms with E-state index in [-0.39, 0.29) is 24.3 Å². The predicted octanol–water partition coefficient (Wildman–Crippen LogP) is 5.10. The molecule has 0 unspecified atom stereocenters. The summed E-state index contributed by atoms with van der Waals surface area (Å²) in [6, 6.07) is 13.1. The van der Waals surface area contributed by atoms with Gasteiger partial charge in [-0.3, -0.25) is 4.79 Å². The number of rotatable bonds is 9. The molecule has 0 N–H and O–H groups in total. The van der Waals surface area contributed by atoms with Crippen LogP contribution in [0.1, 0.15) is 39.5 Å². The van der Waals surface area contributed by atoms with Crippen molar-refractivity contribution in [2.45, 2.75) is 49.2 Å². The molecule has 2 aromatic carbocycles. The summed E-state index contributed by atoms with van der Waals surface area (Å²) >= 11 is 5.89. The van der Waals surface area contributed by atoms with Crippen LogP contribution >= 0.6 is 11.6 Å². The van der Waals surface area contributed by atoms with Gasteiger partial charge in [-0.1, -0.05) is 24.9 Å². The molecule has 2 aromatic rings. The van der Waals surface area contributed by atoms with Crippen molar-refractivity contribution < 1.29 is 22.7 Å².